The van der Waals surface area contributed by atoms with Crippen LogP contribution in [0.3, 0.4) is 0 Å². The second kappa shape index (κ2) is 9.35. The highest BCUT2D eigenvalue weighted by atomic mass is 32.1. The van der Waals surface area contributed by atoms with Crippen molar-refractivity contribution in [1.82, 2.24) is 0 Å². The molecule has 0 aliphatic heterocycles. The Hall–Kier alpha value is -1.38. The minimum atomic E-state index is 0.560. The SMILES string of the molecule is CCCCCC(CCCCN)C1C(c2cccs2)=Cc2ccccc21. The lowest BCUT2D eigenvalue weighted by atomic mass is 9.77. The third kappa shape index (κ3) is 4.43. The maximum Gasteiger partial charge on any atom is 0.0308 e. The molecule has 3 rings (SSSR count). The zero-order chi connectivity index (χ0) is 17.5. The van der Waals surface area contributed by atoms with Crippen molar-refractivity contribution in [3.05, 3.63) is 57.8 Å². The van der Waals surface area contributed by atoms with Gasteiger partial charge in [0.05, 0.1) is 0 Å². The quantitative estimate of drug-likeness (QED) is 0.472. The second-order valence-corrected chi connectivity index (χ2v) is 8.17. The van der Waals surface area contributed by atoms with Crippen molar-refractivity contribution in [2.45, 2.75) is 57.8 Å². The van der Waals surface area contributed by atoms with Crippen molar-refractivity contribution < 1.29 is 0 Å². The summed E-state index contributed by atoms with van der Waals surface area (Å²) in [7, 11) is 0. The lowest BCUT2D eigenvalue weighted by molar-refractivity contribution is 0.388. The Morgan fingerprint density at radius 2 is 1.80 bits per heavy atom. The fraction of sp³-hybridized carbons (Fsp3) is 0.478. The van der Waals surface area contributed by atoms with Gasteiger partial charge in [-0.05, 0) is 65.9 Å². The van der Waals surface area contributed by atoms with Crippen molar-refractivity contribution in [1.29, 1.82) is 0 Å². The Labute approximate surface area is 157 Å². The molecule has 2 aromatic rings. The number of hydrogen-bond donors (Lipinski definition) is 1. The van der Waals surface area contributed by atoms with Gasteiger partial charge < -0.3 is 5.73 Å². The fourth-order valence-electron chi connectivity index (χ4n) is 4.21. The van der Waals surface area contributed by atoms with Crippen LogP contribution in [0.4, 0.5) is 0 Å². The van der Waals surface area contributed by atoms with E-state index in [0.717, 1.165) is 18.9 Å². The molecule has 2 N–H and O–H groups in total. The van der Waals surface area contributed by atoms with Crippen LogP contribution >= 0.6 is 11.3 Å². The number of allylic oxidation sites excluding steroid dienone is 1. The molecule has 2 unspecified atom stereocenters. The molecule has 0 spiro atoms. The summed E-state index contributed by atoms with van der Waals surface area (Å²) < 4.78 is 0. The van der Waals surface area contributed by atoms with Crippen molar-refractivity contribution in [2.24, 2.45) is 11.7 Å². The van der Waals surface area contributed by atoms with Crippen LogP contribution in [0.5, 0.6) is 0 Å². The fourth-order valence-corrected chi connectivity index (χ4v) is 4.99. The predicted molar refractivity (Wildman–Crippen MR) is 112 cm³/mol. The first kappa shape index (κ1) is 18.4. The van der Waals surface area contributed by atoms with Crippen LogP contribution in [-0.2, 0) is 0 Å². The van der Waals surface area contributed by atoms with Gasteiger partial charge in [-0.2, -0.15) is 0 Å². The molecule has 2 heteroatoms. The van der Waals surface area contributed by atoms with E-state index in [4.69, 9.17) is 5.73 Å². The van der Waals surface area contributed by atoms with Crippen LogP contribution in [0.1, 0.15) is 73.8 Å². The molecule has 1 aromatic carbocycles. The Kier molecular flexibility index (Phi) is 6.89. The van der Waals surface area contributed by atoms with Gasteiger partial charge in [0.25, 0.3) is 0 Å². The molecule has 2 atom stereocenters. The van der Waals surface area contributed by atoms with Gasteiger partial charge in [0.2, 0.25) is 0 Å². The zero-order valence-corrected chi connectivity index (χ0v) is 16.2. The van der Waals surface area contributed by atoms with Gasteiger partial charge in [0, 0.05) is 10.8 Å². The van der Waals surface area contributed by atoms with E-state index in [0.29, 0.717) is 5.92 Å². The van der Waals surface area contributed by atoms with Crippen molar-refractivity contribution >= 4 is 23.0 Å². The molecule has 134 valence electrons. The van der Waals surface area contributed by atoms with Crippen LogP contribution in [0, 0.1) is 5.92 Å². The second-order valence-electron chi connectivity index (χ2n) is 7.22. The van der Waals surface area contributed by atoms with Gasteiger partial charge >= 0.3 is 0 Å². The molecule has 25 heavy (non-hydrogen) atoms. The maximum absolute atomic E-state index is 5.76. The number of benzene rings is 1. The monoisotopic (exact) mass is 353 g/mol. The van der Waals surface area contributed by atoms with E-state index in [2.05, 4.69) is 54.8 Å². The molecule has 0 bridgehead atoms. The summed E-state index contributed by atoms with van der Waals surface area (Å²) in [6.07, 6.45) is 11.5. The van der Waals surface area contributed by atoms with E-state index in [9.17, 15) is 0 Å². The van der Waals surface area contributed by atoms with Gasteiger partial charge in [0.15, 0.2) is 0 Å². The van der Waals surface area contributed by atoms with E-state index >= 15 is 0 Å². The summed E-state index contributed by atoms with van der Waals surface area (Å²) in [6, 6.07) is 13.5. The summed E-state index contributed by atoms with van der Waals surface area (Å²) in [6.45, 7) is 3.11. The molecule has 0 saturated carbocycles. The Morgan fingerprint density at radius 3 is 2.52 bits per heavy atom. The standard InChI is InChI=1S/C23H31NS/c1-2-3-4-10-18(11-7-8-15-24)23-20-13-6-5-12-19(20)17-21(23)22-14-9-16-25-22/h5-6,9,12-14,16-18,23H,2-4,7-8,10-11,15,24H2,1H3. The summed E-state index contributed by atoms with van der Waals surface area (Å²) >= 11 is 1.88. The van der Waals surface area contributed by atoms with Gasteiger partial charge in [-0.1, -0.05) is 62.9 Å². The summed E-state index contributed by atoms with van der Waals surface area (Å²) in [5, 5.41) is 2.21. The molecular weight excluding hydrogens is 322 g/mol. The van der Waals surface area contributed by atoms with Crippen LogP contribution < -0.4 is 5.73 Å². The Morgan fingerprint density at radius 1 is 1.00 bits per heavy atom. The van der Waals surface area contributed by atoms with Crippen LogP contribution in [0.15, 0.2) is 41.8 Å². The van der Waals surface area contributed by atoms with E-state index in [-0.39, 0.29) is 0 Å². The molecule has 0 saturated heterocycles. The Balaban J connectivity index is 1.88. The first-order valence-electron chi connectivity index (χ1n) is 9.89. The minimum Gasteiger partial charge on any atom is -0.330 e. The molecular formula is C23H31NS. The molecule has 1 heterocycles. The molecule has 0 fully saturated rings. The van der Waals surface area contributed by atoms with Crippen LogP contribution in [-0.4, -0.2) is 6.54 Å². The number of nitrogens with two attached hydrogens (primary N) is 1. The molecule has 0 radical (unpaired) electrons. The normalized spacial score (nSPS) is 17.4. The van der Waals surface area contributed by atoms with Crippen molar-refractivity contribution in [3.8, 4) is 0 Å². The summed E-state index contributed by atoms with van der Waals surface area (Å²) in [4.78, 5) is 1.44. The van der Waals surface area contributed by atoms with Gasteiger partial charge in [-0.15, -0.1) is 11.3 Å². The largest absolute Gasteiger partial charge is 0.330 e. The summed E-state index contributed by atoms with van der Waals surface area (Å²) in [5.74, 6) is 1.29. The van der Waals surface area contributed by atoms with E-state index in [1.807, 2.05) is 11.3 Å². The molecule has 1 aliphatic rings. The van der Waals surface area contributed by atoms with E-state index in [1.54, 1.807) is 11.1 Å². The average Bonchev–Trinajstić information content (AvgIpc) is 3.28. The third-order valence-corrected chi connectivity index (χ3v) is 6.38. The third-order valence-electron chi connectivity index (χ3n) is 5.46. The first-order valence-corrected chi connectivity index (χ1v) is 10.8. The molecule has 1 aliphatic carbocycles. The Bertz CT molecular complexity index is 661. The van der Waals surface area contributed by atoms with E-state index < -0.39 is 0 Å². The average molecular weight is 354 g/mol. The smallest absolute Gasteiger partial charge is 0.0308 e. The number of hydrogen-bond acceptors (Lipinski definition) is 2. The maximum atomic E-state index is 5.76. The highest BCUT2D eigenvalue weighted by Gasteiger charge is 2.32. The van der Waals surface area contributed by atoms with Crippen LogP contribution in [0.2, 0.25) is 0 Å². The lowest BCUT2D eigenvalue weighted by Gasteiger charge is -2.27. The van der Waals surface area contributed by atoms with Gasteiger partial charge in [-0.3, -0.25) is 0 Å². The highest BCUT2D eigenvalue weighted by Crippen LogP contribution is 2.49. The summed E-state index contributed by atoms with van der Waals surface area (Å²) in [5.41, 5.74) is 10.3. The lowest BCUT2D eigenvalue weighted by Crippen LogP contribution is -2.14. The van der Waals surface area contributed by atoms with Crippen molar-refractivity contribution in [3.63, 3.8) is 0 Å². The van der Waals surface area contributed by atoms with Gasteiger partial charge in [0.1, 0.15) is 0 Å². The molecule has 1 nitrogen and oxygen atoms in total. The highest BCUT2D eigenvalue weighted by molar-refractivity contribution is 7.11. The van der Waals surface area contributed by atoms with Crippen molar-refractivity contribution in [2.75, 3.05) is 6.54 Å². The number of rotatable bonds is 10. The molecule has 1 aromatic heterocycles. The zero-order valence-electron chi connectivity index (χ0n) is 15.4. The van der Waals surface area contributed by atoms with Crippen LogP contribution in [0.25, 0.3) is 11.6 Å². The van der Waals surface area contributed by atoms with E-state index in [1.165, 1.54) is 49.0 Å². The number of thiophene rings is 1. The first-order chi connectivity index (χ1) is 12.3. The number of unbranched alkanes of at least 4 members (excludes halogenated alkanes) is 3. The minimum absolute atomic E-state index is 0.560. The number of fused-ring (bicyclic) bond motifs is 1. The van der Waals surface area contributed by atoms with Gasteiger partial charge in [-0.25, -0.2) is 0 Å². The predicted octanol–water partition coefficient (Wildman–Crippen LogP) is 6.71. The topological polar surface area (TPSA) is 26.0 Å². The molecule has 0 amide bonds.